The van der Waals surface area contributed by atoms with E-state index < -0.39 is 10.0 Å². The molecule has 1 aromatic heterocycles. The van der Waals surface area contributed by atoms with Crippen LogP contribution in [0.15, 0.2) is 5.16 Å². The first-order chi connectivity index (χ1) is 9.61. The minimum absolute atomic E-state index is 0.115. The Bertz CT molecular complexity index is 513. The Hall–Kier alpha value is -0.710. The molecule has 114 valence electrons. The zero-order valence-electron chi connectivity index (χ0n) is 11.4. The number of rotatable bonds is 8. The van der Waals surface area contributed by atoms with Crippen LogP contribution in [0.1, 0.15) is 19.3 Å². The fourth-order valence-corrected chi connectivity index (χ4v) is 3.65. The molecule has 0 saturated carbocycles. The molecule has 20 heavy (non-hydrogen) atoms. The lowest BCUT2D eigenvalue weighted by molar-refractivity contribution is 0.0912. The summed E-state index contributed by atoms with van der Waals surface area (Å²) in [6, 6.07) is 0. The van der Waals surface area contributed by atoms with Gasteiger partial charge >= 0.3 is 0 Å². The summed E-state index contributed by atoms with van der Waals surface area (Å²) >= 11 is 1.47. The highest BCUT2D eigenvalue weighted by Crippen LogP contribution is 2.18. The molecule has 0 aliphatic carbocycles. The van der Waals surface area contributed by atoms with Crippen molar-refractivity contribution in [1.29, 1.82) is 0 Å². The third-order valence-electron chi connectivity index (χ3n) is 3.00. The number of nitrogens with one attached hydrogen (secondary N) is 1. The van der Waals surface area contributed by atoms with Crippen LogP contribution in [0.25, 0.3) is 0 Å². The van der Waals surface area contributed by atoms with Crippen LogP contribution in [0.5, 0.6) is 0 Å². The first-order valence-corrected chi connectivity index (χ1v) is 9.16. The Morgan fingerprint density at radius 1 is 1.55 bits per heavy atom. The molecule has 0 amide bonds. The van der Waals surface area contributed by atoms with Crippen LogP contribution in [0.3, 0.4) is 0 Å². The monoisotopic (exact) mass is 321 g/mol. The van der Waals surface area contributed by atoms with E-state index in [4.69, 9.17) is 4.74 Å². The van der Waals surface area contributed by atoms with Crippen molar-refractivity contribution >= 4 is 21.8 Å². The Morgan fingerprint density at radius 3 is 3.10 bits per heavy atom. The van der Waals surface area contributed by atoms with Crippen LogP contribution in [0, 0.1) is 0 Å². The molecule has 0 bridgehead atoms. The number of ether oxygens (including phenoxy) is 1. The molecule has 0 spiro atoms. The normalized spacial score (nSPS) is 19.6. The molecule has 1 fully saturated rings. The molecule has 1 aromatic rings. The summed E-state index contributed by atoms with van der Waals surface area (Å²) in [6.45, 7) is 1.46. The summed E-state index contributed by atoms with van der Waals surface area (Å²) in [5.74, 6) is 0.774. The molecule has 1 aliphatic heterocycles. The van der Waals surface area contributed by atoms with Crippen molar-refractivity contribution in [3.05, 3.63) is 0 Å². The van der Waals surface area contributed by atoms with E-state index in [2.05, 4.69) is 20.2 Å². The maximum atomic E-state index is 11.3. The molecular formula is C10H19N5O3S2. The fourth-order valence-electron chi connectivity index (χ4n) is 1.91. The number of hydrogen-bond acceptors (Lipinski definition) is 7. The van der Waals surface area contributed by atoms with E-state index in [0.29, 0.717) is 23.9 Å². The Balaban J connectivity index is 1.77. The number of sulfonamides is 1. The number of hydrogen-bond donors (Lipinski definition) is 1. The van der Waals surface area contributed by atoms with Crippen LogP contribution in [0.2, 0.25) is 0 Å². The number of thioether (sulfide) groups is 1. The second-order valence-corrected chi connectivity index (χ2v) is 7.61. The van der Waals surface area contributed by atoms with Gasteiger partial charge in [-0.3, -0.25) is 0 Å². The molecule has 8 nitrogen and oxygen atoms in total. The smallest absolute Gasteiger partial charge is 0.211 e. The Kier molecular flexibility index (Phi) is 5.75. The van der Waals surface area contributed by atoms with Gasteiger partial charge in [0, 0.05) is 12.4 Å². The van der Waals surface area contributed by atoms with Crippen molar-refractivity contribution in [2.45, 2.75) is 37.1 Å². The number of tetrazole rings is 1. The lowest BCUT2D eigenvalue weighted by Crippen LogP contribution is -2.22. The van der Waals surface area contributed by atoms with E-state index in [1.54, 1.807) is 4.68 Å². The minimum atomic E-state index is -3.13. The van der Waals surface area contributed by atoms with Gasteiger partial charge in [-0.25, -0.2) is 17.8 Å². The molecule has 0 aromatic carbocycles. The van der Waals surface area contributed by atoms with Crippen LogP contribution >= 0.6 is 11.8 Å². The number of aromatic nitrogens is 4. The van der Waals surface area contributed by atoms with E-state index >= 15 is 0 Å². The molecule has 1 N–H and O–H groups in total. The Morgan fingerprint density at radius 2 is 2.40 bits per heavy atom. The standard InChI is InChI=1S/C10H19N5O3S2/c1-11-20(16,17)7-3-6-19-10-12-13-14-15(10)8-9-4-2-5-18-9/h9,11H,2-8H2,1H3/t9-/m0/s1. The largest absolute Gasteiger partial charge is 0.376 e. The maximum absolute atomic E-state index is 11.3. The lowest BCUT2D eigenvalue weighted by Gasteiger charge is -2.09. The molecule has 0 radical (unpaired) electrons. The Labute approximate surface area is 122 Å². The van der Waals surface area contributed by atoms with Gasteiger partial charge in [-0.2, -0.15) is 0 Å². The van der Waals surface area contributed by atoms with Gasteiger partial charge in [0.25, 0.3) is 0 Å². The zero-order chi connectivity index (χ0) is 14.4. The van der Waals surface area contributed by atoms with Gasteiger partial charge in [-0.05, 0) is 36.7 Å². The molecule has 1 atom stereocenters. The average molecular weight is 321 g/mol. The first-order valence-electron chi connectivity index (χ1n) is 6.52. The molecule has 1 aliphatic rings. The van der Waals surface area contributed by atoms with Crippen molar-refractivity contribution in [2.24, 2.45) is 0 Å². The fraction of sp³-hybridized carbons (Fsp3) is 0.900. The highest BCUT2D eigenvalue weighted by molar-refractivity contribution is 7.99. The van der Waals surface area contributed by atoms with Crippen molar-refractivity contribution < 1.29 is 13.2 Å². The van der Waals surface area contributed by atoms with Gasteiger partial charge in [0.05, 0.1) is 18.4 Å². The molecule has 2 rings (SSSR count). The third kappa shape index (κ3) is 4.69. The van der Waals surface area contributed by atoms with E-state index in [9.17, 15) is 8.42 Å². The molecule has 2 heterocycles. The topological polar surface area (TPSA) is 99.0 Å². The molecular weight excluding hydrogens is 302 g/mol. The van der Waals surface area contributed by atoms with Crippen molar-refractivity contribution in [3.63, 3.8) is 0 Å². The average Bonchev–Trinajstić information content (AvgIpc) is 3.07. The first kappa shape index (κ1) is 15.7. The summed E-state index contributed by atoms with van der Waals surface area (Å²) in [5.41, 5.74) is 0. The van der Waals surface area contributed by atoms with Crippen LogP contribution in [0.4, 0.5) is 0 Å². The lowest BCUT2D eigenvalue weighted by atomic mass is 10.2. The van der Waals surface area contributed by atoms with Crippen molar-refractivity contribution in [2.75, 3.05) is 25.2 Å². The second-order valence-electron chi connectivity index (χ2n) is 4.50. The van der Waals surface area contributed by atoms with E-state index in [-0.39, 0.29) is 11.9 Å². The molecule has 10 heteroatoms. The predicted molar refractivity (Wildman–Crippen MR) is 75.0 cm³/mol. The van der Waals surface area contributed by atoms with Crippen LogP contribution in [-0.2, 0) is 21.3 Å². The van der Waals surface area contributed by atoms with Gasteiger partial charge in [-0.1, -0.05) is 11.8 Å². The van der Waals surface area contributed by atoms with E-state index in [1.807, 2.05) is 0 Å². The van der Waals surface area contributed by atoms with Gasteiger partial charge in [-0.15, -0.1) is 5.10 Å². The van der Waals surface area contributed by atoms with Crippen LogP contribution < -0.4 is 4.72 Å². The van der Waals surface area contributed by atoms with Gasteiger partial charge < -0.3 is 4.74 Å². The molecule has 0 unspecified atom stereocenters. The second kappa shape index (κ2) is 7.34. The highest BCUT2D eigenvalue weighted by Gasteiger charge is 2.18. The summed E-state index contributed by atoms with van der Waals surface area (Å²) in [7, 11) is -1.71. The van der Waals surface area contributed by atoms with Gasteiger partial charge in [0.1, 0.15) is 0 Å². The number of nitrogens with zero attached hydrogens (tertiary/aromatic N) is 4. The van der Waals surface area contributed by atoms with E-state index in [0.717, 1.165) is 19.4 Å². The van der Waals surface area contributed by atoms with Crippen LogP contribution in [-0.4, -0.2) is 59.9 Å². The quantitative estimate of drug-likeness (QED) is 0.526. The SMILES string of the molecule is CNS(=O)(=O)CCCSc1nnnn1C[C@@H]1CCCO1. The summed E-state index contributed by atoms with van der Waals surface area (Å²) in [4.78, 5) is 0. The molecule has 1 saturated heterocycles. The summed E-state index contributed by atoms with van der Waals surface area (Å²) < 4.78 is 32.1. The van der Waals surface area contributed by atoms with E-state index in [1.165, 1.54) is 18.8 Å². The minimum Gasteiger partial charge on any atom is -0.376 e. The summed E-state index contributed by atoms with van der Waals surface area (Å²) in [5, 5.41) is 12.3. The predicted octanol–water partition coefficient (Wildman–Crippen LogP) is -0.117. The maximum Gasteiger partial charge on any atom is 0.211 e. The highest BCUT2D eigenvalue weighted by atomic mass is 32.2. The third-order valence-corrected chi connectivity index (χ3v) is 5.49. The summed E-state index contributed by atoms with van der Waals surface area (Å²) in [6.07, 6.45) is 2.85. The van der Waals surface area contributed by atoms with Crippen molar-refractivity contribution in [1.82, 2.24) is 24.9 Å². The van der Waals surface area contributed by atoms with Gasteiger partial charge in [0.2, 0.25) is 15.2 Å². The van der Waals surface area contributed by atoms with Gasteiger partial charge in [0.15, 0.2) is 0 Å². The zero-order valence-corrected chi connectivity index (χ0v) is 13.0. The van der Waals surface area contributed by atoms with Crippen molar-refractivity contribution in [3.8, 4) is 0 Å².